The van der Waals surface area contributed by atoms with Gasteiger partial charge in [0.25, 0.3) is 0 Å². The van der Waals surface area contributed by atoms with Crippen LogP contribution in [0.15, 0.2) is 27.6 Å². The minimum Gasteiger partial charge on any atom is -0.396 e. The van der Waals surface area contributed by atoms with Gasteiger partial charge < -0.3 is 10.8 Å². The van der Waals surface area contributed by atoms with Crippen LogP contribution in [-0.2, 0) is 6.54 Å². The van der Waals surface area contributed by atoms with Crippen molar-refractivity contribution in [2.75, 3.05) is 6.61 Å². The summed E-state index contributed by atoms with van der Waals surface area (Å²) in [5.74, 6) is 0. The van der Waals surface area contributed by atoms with Gasteiger partial charge in [0.1, 0.15) is 0 Å². The number of halogens is 1. The molecular weight excluding hydrogens is 274 g/mol. The molecule has 15 heavy (non-hydrogen) atoms. The molecule has 1 atom stereocenters. The zero-order valence-corrected chi connectivity index (χ0v) is 11.1. The Morgan fingerprint density at radius 1 is 1.53 bits per heavy atom. The van der Waals surface area contributed by atoms with Crippen molar-refractivity contribution in [3.63, 3.8) is 0 Å². The van der Waals surface area contributed by atoms with Gasteiger partial charge in [-0.2, -0.15) is 0 Å². The van der Waals surface area contributed by atoms with Crippen molar-refractivity contribution in [2.24, 2.45) is 5.73 Å². The van der Waals surface area contributed by atoms with E-state index in [1.54, 1.807) is 11.8 Å². The first-order valence-corrected chi connectivity index (χ1v) is 6.60. The van der Waals surface area contributed by atoms with Gasteiger partial charge in [-0.3, -0.25) is 0 Å². The topological polar surface area (TPSA) is 46.2 Å². The van der Waals surface area contributed by atoms with E-state index >= 15 is 0 Å². The van der Waals surface area contributed by atoms with E-state index in [-0.39, 0.29) is 6.61 Å². The SMILES string of the molecule is CC(CCO)Sc1ccc(CN)c(Br)c1. The van der Waals surface area contributed by atoms with Gasteiger partial charge in [0.2, 0.25) is 0 Å². The summed E-state index contributed by atoms with van der Waals surface area (Å²) in [5, 5.41) is 9.25. The number of thioether (sulfide) groups is 1. The zero-order valence-electron chi connectivity index (χ0n) is 8.74. The summed E-state index contributed by atoms with van der Waals surface area (Å²) in [6.07, 6.45) is 0.820. The molecule has 0 aliphatic carbocycles. The van der Waals surface area contributed by atoms with Gasteiger partial charge in [0, 0.05) is 27.8 Å². The molecule has 1 aromatic carbocycles. The molecular formula is C11H16BrNOS. The third-order valence-corrected chi connectivity index (χ3v) is 4.02. The molecule has 0 amide bonds. The summed E-state index contributed by atoms with van der Waals surface area (Å²) >= 11 is 5.26. The number of hydrogen-bond donors (Lipinski definition) is 2. The number of rotatable bonds is 5. The van der Waals surface area contributed by atoms with E-state index in [9.17, 15) is 0 Å². The molecule has 3 N–H and O–H groups in total. The monoisotopic (exact) mass is 289 g/mol. The maximum atomic E-state index is 8.81. The van der Waals surface area contributed by atoms with Gasteiger partial charge in [-0.05, 0) is 24.1 Å². The standard InChI is InChI=1S/C11H16BrNOS/c1-8(4-5-14)15-10-3-2-9(7-13)11(12)6-10/h2-3,6,8,14H,4-5,7,13H2,1H3. The Balaban J connectivity index is 2.66. The molecule has 0 saturated carbocycles. The summed E-state index contributed by atoms with van der Waals surface area (Å²) in [6.45, 7) is 2.92. The summed E-state index contributed by atoms with van der Waals surface area (Å²) in [7, 11) is 0. The molecule has 0 aliphatic heterocycles. The number of benzene rings is 1. The second-order valence-electron chi connectivity index (χ2n) is 3.40. The minimum atomic E-state index is 0.246. The van der Waals surface area contributed by atoms with Crippen LogP contribution in [-0.4, -0.2) is 17.0 Å². The fraction of sp³-hybridized carbons (Fsp3) is 0.455. The zero-order chi connectivity index (χ0) is 11.3. The maximum absolute atomic E-state index is 8.81. The van der Waals surface area contributed by atoms with E-state index < -0.39 is 0 Å². The van der Waals surface area contributed by atoms with E-state index in [4.69, 9.17) is 10.8 Å². The Kier molecular flexibility index (Phi) is 5.68. The van der Waals surface area contributed by atoms with Crippen LogP contribution in [0.3, 0.4) is 0 Å². The lowest BCUT2D eigenvalue weighted by Crippen LogP contribution is -2.00. The predicted octanol–water partition coefficient (Wildman–Crippen LogP) is 2.77. The van der Waals surface area contributed by atoms with Gasteiger partial charge in [-0.1, -0.05) is 28.9 Å². The van der Waals surface area contributed by atoms with Crippen molar-refractivity contribution in [1.82, 2.24) is 0 Å². The lowest BCUT2D eigenvalue weighted by molar-refractivity contribution is 0.289. The van der Waals surface area contributed by atoms with Crippen LogP contribution in [0.5, 0.6) is 0 Å². The molecule has 0 aromatic heterocycles. The molecule has 1 unspecified atom stereocenters. The molecule has 1 rings (SSSR count). The van der Waals surface area contributed by atoms with Crippen LogP contribution < -0.4 is 5.73 Å². The number of hydrogen-bond acceptors (Lipinski definition) is 3. The van der Waals surface area contributed by atoms with Crippen LogP contribution in [0.25, 0.3) is 0 Å². The summed E-state index contributed by atoms with van der Waals surface area (Å²) in [4.78, 5) is 1.21. The first-order chi connectivity index (χ1) is 7.17. The smallest absolute Gasteiger partial charge is 0.0441 e. The number of nitrogens with two attached hydrogens (primary N) is 1. The number of aliphatic hydroxyl groups is 1. The van der Waals surface area contributed by atoms with E-state index in [0.717, 1.165) is 16.5 Å². The molecule has 1 aromatic rings. The third-order valence-electron chi connectivity index (χ3n) is 2.12. The highest BCUT2D eigenvalue weighted by molar-refractivity contribution is 9.10. The lowest BCUT2D eigenvalue weighted by Gasteiger charge is -2.10. The lowest BCUT2D eigenvalue weighted by atomic mass is 10.2. The Bertz CT molecular complexity index is 319. The van der Waals surface area contributed by atoms with Gasteiger partial charge in [0.15, 0.2) is 0 Å². The fourth-order valence-corrected chi connectivity index (χ4v) is 2.95. The highest BCUT2D eigenvalue weighted by atomic mass is 79.9. The average Bonchev–Trinajstić information content (AvgIpc) is 2.18. The van der Waals surface area contributed by atoms with Crippen molar-refractivity contribution in [3.8, 4) is 0 Å². The van der Waals surface area contributed by atoms with Crippen LogP contribution >= 0.6 is 27.7 Å². The van der Waals surface area contributed by atoms with Gasteiger partial charge in [0.05, 0.1) is 0 Å². The molecule has 0 fully saturated rings. The van der Waals surface area contributed by atoms with Gasteiger partial charge in [-0.25, -0.2) is 0 Å². The summed E-state index contributed by atoms with van der Waals surface area (Å²) < 4.78 is 1.06. The molecule has 0 aliphatic rings. The van der Waals surface area contributed by atoms with Crippen molar-refractivity contribution in [1.29, 1.82) is 0 Å². The van der Waals surface area contributed by atoms with Crippen molar-refractivity contribution >= 4 is 27.7 Å². The van der Waals surface area contributed by atoms with E-state index in [1.165, 1.54) is 4.90 Å². The van der Waals surface area contributed by atoms with E-state index in [0.29, 0.717) is 11.8 Å². The second kappa shape index (κ2) is 6.53. The largest absolute Gasteiger partial charge is 0.396 e. The molecule has 2 nitrogen and oxygen atoms in total. The highest BCUT2D eigenvalue weighted by Gasteiger charge is 2.05. The summed E-state index contributed by atoms with van der Waals surface area (Å²) in [6, 6.07) is 6.20. The molecule has 0 radical (unpaired) electrons. The minimum absolute atomic E-state index is 0.246. The van der Waals surface area contributed by atoms with Crippen LogP contribution in [0, 0.1) is 0 Å². The van der Waals surface area contributed by atoms with Gasteiger partial charge >= 0.3 is 0 Å². The fourth-order valence-electron chi connectivity index (χ4n) is 1.24. The first-order valence-electron chi connectivity index (χ1n) is 4.93. The van der Waals surface area contributed by atoms with Gasteiger partial charge in [-0.15, -0.1) is 11.8 Å². The molecule has 0 heterocycles. The highest BCUT2D eigenvalue weighted by Crippen LogP contribution is 2.29. The molecule has 0 saturated heterocycles. The predicted molar refractivity (Wildman–Crippen MR) is 69.1 cm³/mol. The van der Waals surface area contributed by atoms with Crippen LogP contribution in [0.1, 0.15) is 18.9 Å². The third kappa shape index (κ3) is 4.15. The van der Waals surface area contributed by atoms with Crippen LogP contribution in [0.4, 0.5) is 0 Å². The Hall–Kier alpha value is -0.0300. The molecule has 4 heteroatoms. The second-order valence-corrected chi connectivity index (χ2v) is 5.76. The quantitative estimate of drug-likeness (QED) is 0.820. The molecule has 0 spiro atoms. The molecule has 0 bridgehead atoms. The van der Waals surface area contributed by atoms with Crippen molar-refractivity contribution in [2.45, 2.75) is 30.0 Å². The van der Waals surface area contributed by atoms with Crippen molar-refractivity contribution in [3.05, 3.63) is 28.2 Å². The number of aliphatic hydroxyl groups excluding tert-OH is 1. The molecule has 84 valence electrons. The van der Waals surface area contributed by atoms with E-state index in [1.807, 2.05) is 6.07 Å². The van der Waals surface area contributed by atoms with Crippen molar-refractivity contribution < 1.29 is 5.11 Å². The summed E-state index contributed by atoms with van der Waals surface area (Å²) in [5.41, 5.74) is 6.70. The Morgan fingerprint density at radius 2 is 2.27 bits per heavy atom. The maximum Gasteiger partial charge on any atom is 0.0441 e. The normalized spacial score (nSPS) is 12.8. The average molecular weight is 290 g/mol. The van der Waals surface area contributed by atoms with Crippen LogP contribution in [0.2, 0.25) is 0 Å². The first kappa shape index (κ1) is 13.0. The Labute approximate surface area is 103 Å². The Morgan fingerprint density at radius 3 is 2.80 bits per heavy atom. The van der Waals surface area contributed by atoms with E-state index in [2.05, 4.69) is 35.0 Å².